The second kappa shape index (κ2) is 7.01. The lowest BCUT2D eigenvalue weighted by Gasteiger charge is -2.09. The predicted octanol–water partition coefficient (Wildman–Crippen LogP) is 3.68. The number of carbonyl (C=O) groups is 1. The zero-order valence-electron chi connectivity index (χ0n) is 10.4. The van der Waals surface area contributed by atoms with E-state index in [4.69, 9.17) is 0 Å². The van der Waals surface area contributed by atoms with Crippen LogP contribution < -0.4 is 5.32 Å². The van der Waals surface area contributed by atoms with Gasteiger partial charge in [0.15, 0.2) is 23.3 Å². The third-order valence-corrected chi connectivity index (χ3v) is 2.96. The average Bonchev–Trinajstić information content (AvgIpc) is 2.39. The van der Waals surface area contributed by atoms with Crippen LogP contribution in [0.2, 0.25) is 0 Å². The number of alkyl halides is 1. The van der Waals surface area contributed by atoms with Crippen molar-refractivity contribution in [3.8, 4) is 0 Å². The summed E-state index contributed by atoms with van der Waals surface area (Å²) in [5.41, 5.74) is -1.46. The second-order valence-electron chi connectivity index (χ2n) is 4.12. The minimum atomic E-state index is -2.29. The monoisotopic (exact) mass is 359 g/mol. The molecule has 0 bridgehead atoms. The van der Waals surface area contributed by atoms with E-state index in [1.165, 1.54) is 0 Å². The van der Waals surface area contributed by atoms with Crippen molar-refractivity contribution < 1.29 is 26.7 Å². The van der Waals surface area contributed by atoms with Crippen LogP contribution in [0.15, 0.2) is 0 Å². The van der Waals surface area contributed by atoms with Gasteiger partial charge >= 0.3 is 0 Å². The maximum atomic E-state index is 13.3. The smallest absolute Gasteiger partial charge is 0.257 e. The first kappa shape index (κ1) is 16.9. The zero-order valence-corrected chi connectivity index (χ0v) is 12.0. The molecule has 0 aliphatic rings. The van der Waals surface area contributed by atoms with Crippen molar-refractivity contribution in [3.05, 3.63) is 34.6 Å². The number of benzene rings is 1. The topological polar surface area (TPSA) is 29.1 Å². The molecule has 0 fully saturated rings. The molecule has 1 atom stereocenters. The molecular formula is C12H11BrF5NO. The summed E-state index contributed by atoms with van der Waals surface area (Å²) in [6.45, 7) is 1.93. The molecule has 0 aliphatic carbocycles. The van der Waals surface area contributed by atoms with E-state index in [0.29, 0.717) is 12.8 Å². The fourth-order valence-electron chi connectivity index (χ4n) is 1.48. The van der Waals surface area contributed by atoms with Crippen LogP contribution in [0.1, 0.15) is 30.1 Å². The quantitative estimate of drug-likeness (QED) is 0.280. The lowest BCUT2D eigenvalue weighted by atomic mass is 10.1. The van der Waals surface area contributed by atoms with Crippen LogP contribution in [-0.2, 0) is 0 Å². The first-order valence-electron chi connectivity index (χ1n) is 5.71. The van der Waals surface area contributed by atoms with Gasteiger partial charge in [-0.25, -0.2) is 22.0 Å². The van der Waals surface area contributed by atoms with Crippen LogP contribution in [0.5, 0.6) is 0 Å². The Morgan fingerprint density at radius 1 is 1.05 bits per heavy atom. The van der Waals surface area contributed by atoms with Gasteiger partial charge in [0.25, 0.3) is 5.91 Å². The van der Waals surface area contributed by atoms with E-state index in [-0.39, 0.29) is 11.4 Å². The van der Waals surface area contributed by atoms with Crippen molar-refractivity contribution >= 4 is 21.8 Å². The lowest BCUT2D eigenvalue weighted by molar-refractivity contribution is 0.0941. The highest BCUT2D eigenvalue weighted by atomic mass is 79.9. The lowest BCUT2D eigenvalue weighted by Crippen LogP contribution is -2.28. The van der Waals surface area contributed by atoms with Gasteiger partial charge in [-0.3, -0.25) is 4.79 Å². The van der Waals surface area contributed by atoms with Crippen LogP contribution >= 0.6 is 15.9 Å². The molecule has 1 rings (SSSR count). The van der Waals surface area contributed by atoms with Crippen LogP contribution in [0.4, 0.5) is 22.0 Å². The molecule has 0 heterocycles. The third-order valence-electron chi connectivity index (χ3n) is 2.50. The van der Waals surface area contributed by atoms with E-state index in [9.17, 15) is 26.7 Å². The number of hydrogen-bond acceptors (Lipinski definition) is 1. The largest absolute Gasteiger partial charge is 0.352 e. The van der Waals surface area contributed by atoms with E-state index < -0.39 is 40.6 Å². The Bertz CT molecular complexity index is 492. The highest BCUT2D eigenvalue weighted by Crippen LogP contribution is 2.22. The van der Waals surface area contributed by atoms with Gasteiger partial charge in [-0.2, -0.15) is 0 Å². The van der Waals surface area contributed by atoms with Gasteiger partial charge in [-0.15, -0.1) is 0 Å². The van der Waals surface area contributed by atoms with Crippen molar-refractivity contribution in [1.29, 1.82) is 0 Å². The van der Waals surface area contributed by atoms with E-state index in [0.717, 1.165) is 0 Å². The molecule has 1 aromatic carbocycles. The van der Waals surface area contributed by atoms with Crippen molar-refractivity contribution in [3.63, 3.8) is 0 Å². The molecule has 1 amide bonds. The maximum absolute atomic E-state index is 13.3. The Morgan fingerprint density at radius 3 is 1.95 bits per heavy atom. The highest BCUT2D eigenvalue weighted by Gasteiger charge is 2.29. The molecule has 1 aromatic rings. The van der Waals surface area contributed by atoms with E-state index in [1.807, 2.05) is 6.92 Å². The molecule has 1 unspecified atom stereocenters. The molecule has 0 radical (unpaired) electrons. The Labute approximate surface area is 120 Å². The molecule has 20 heavy (non-hydrogen) atoms. The molecule has 0 spiro atoms. The molecule has 1 N–H and O–H groups in total. The van der Waals surface area contributed by atoms with Gasteiger partial charge in [-0.05, 0) is 12.8 Å². The molecular weight excluding hydrogens is 349 g/mol. The van der Waals surface area contributed by atoms with Gasteiger partial charge in [0.05, 0.1) is 0 Å². The number of carbonyl (C=O) groups excluding carboxylic acids is 1. The molecule has 0 aliphatic heterocycles. The van der Waals surface area contributed by atoms with E-state index >= 15 is 0 Å². The molecule has 8 heteroatoms. The Hall–Kier alpha value is -1.18. The van der Waals surface area contributed by atoms with Gasteiger partial charge in [0, 0.05) is 11.4 Å². The van der Waals surface area contributed by atoms with Crippen molar-refractivity contribution in [2.24, 2.45) is 0 Å². The first-order valence-corrected chi connectivity index (χ1v) is 6.62. The first-order chi connectivity index (χ1) is 9.27. The van der Waals surface area contributed by atoms with E-state index in [2.05, 4.69) is 21.2 Å². The Balaban J connectivity index is 2.89. The summed E-state index contributed by atoms with van der Waals surface area (Å²) in [5.74, 6) is -12.2. The summed E-state index contributed by atoms with van der Waals surface area (Å²) >= 11 is 3.26. The number of hydrogen-bond donors (Lipinski definition) is 1. The van der Waals surface area contributed by atoms with Crippen molar-refractivity contribution in [1.82, 2.24) is 5.32 Å². The predicted molar refractivity (Wildman–Crippen MR) is 66.2 cm³/mol. The Kier molecular flexibility index (Phi) is 5.91. The summed E-state index contributed by atoms with van der Waals surface area (Å²) in [4.78, 5) is 11.7. The molecule has 0 aromatic heterocycles. The van der Waals surface area contributed by atoms with Gasteiger partial charge < -0.3 is 5.32 Å². The summed E-state index contributed by atoms with van der Waals surface area (Å²) in [7, 11) is 0. The summed E-state index contributed by atoms with van der Waals surface area (Å²) in [6, 6.07) is 0. The van der Waals surface area contributed by atoms with Crippen LogP contribution in [0, 0.1) is 29.1 Å². The standard InChI is InChI=1S/C12H11BrF5NO/c1-5(13)3-2-4-19-12(20)6-7(14)9(16)11(18)10(17)8(6)15/h5H,2-4H2,1H3,(H,19,20). The van der Waals surface area contributed by atoms with Crippen molar-refractivity contribution in [2.75, 3.05) is 6.54 Å². The van der Waals surface area contributed by atoms with Crippen LogP contribution in [-0.4, -0.2) is 17.3 Å². The number of amides is 1. The van der Waals surface area contributed by atoms with Gasteiger partial charge in [0.1, 0.15) is 5.56 Å². The zero-order chi connectivity index (χ0) is 15.4. The minimum Gasteiger partial charge on any atom is -0.352 e. The SMILES string of the molecule is CC(Br)CCCNC(=O)c1c(F)c(F)c(F)c(F)c1F. The third kappa shape index (κ3) is 3.68. The number of rotatable bonds is 5. The van der Waals surface area contributed by atoms with Crippen LogP contribution in [0.25, 0.3) is 0 Å². The molecule has 112 valence electrons. The normalized spacial score (nSPS) is 12.3. The highest BCUT2D eigenvalue weighted by molar-refractivity contribution is 9.09. The minimum absolute atomic E-state index is 0.0638. The fourth-order valence-corrected chi connectivity index (χ4v) is 1.80. The summed E-state index contributed by atoms with van der Waals surface area (Å²) in [5, 5.41) is 2.11. The second-order valence-corrected chi connectivity index (χ2v) is 5.69. The molecule has 0 saturated heterocycles. The fraction of sp³-hybridized carbons (Fsp3) is 0.417. The summed E-state index contributed by atoms with van der Waals surface area (Å²) in [6.07, 6.45) is 1.17. The maximum Gasteiger partial charge on any atom is 0.257 e. The molecule has 2 nitrogen and oxygen atoms in total. The Morgan fingerprint density at radius 2 is 1.50 bits per heavy atom. The molecule has 0 saturated carbocycles. The van der Waals surface area contributed by atoms with Crippen molar-refractivity contribution in [2.45, 2.75) is 24.6 Å². The van der Waals surface area contributed by atoms with Crippen LogP contribution in [0.3, 0.4) is 0 Å². The number of nitrogens with one attached hydrogen (secondary N) is 1. The van der Waals surface area contributed by atoms with Gasteiger partial charge in [0.2, 0.25) is 5.82 Å². The van der Waals surface area contributed by atoms with Gasteiger partial charge in [-0.1, -0.05) is 22.9 Å². The summed E-state index contributed by atoms with van der Waals surface area (Å²) < 4.78 is 65.2. The van der Waals surface area contributed by atoms with E-state index in [1.54, 1.807) is 0 Å². The average molecular weight is 360 g/mol. The number of halogens is 6.